The molecule has 0 bridgehead atoms. The van der Waals surface area contributed by atoms with Gasteiger partial charge in [-0.1, -0.05) is 35.4 Å². The van der Waals surface area contributed by atoms with Gasteiger partial charge >= 0.3 is 7.54 Å². The van der Waals surface area contributed by atoms with Crippen LogP contribution in [0, 0.1) is 41.5 Å². The van der Waals surface area contributed by atoms with Crippen LogP contribution in [0.15, 0.2) is 43.0 Å². The Balaban J connectivity index is 0.000000717. The molecule has 1 aromatic heterocycles. The van der Waals surface area contributed by atoms with Crippen molar-refractivity contribution in [2.24, 2.45) is 0 Å². The zero-order valence-electron chi connectivity index (χ0n) is 17.0. The molecule has 0 aliphatic carbocycles. The van der Waals surface area contributed by atoms with Crippen molar-refractivity contribution < 1.29 is 22.2 Å². The van der Waals surface area contributed by atoms with Gasteiger partial charge in [0.05, 0.1) is 0 Å². The van der Waals surface area contributed by atoms with Gasteiger partial charge in [0.2, 0.25) is 0 Å². The van der Waals surface area contributed by atoms with Gasteiger partial charge in [-0.05, 0) is 63.8 Å². The normalized spacial score (nSPS) is 10.0. The van der Waals surface area contributed by atoms with E-state index in [1.807, 2.05) is 0 Å². The number of rotatable bonds is 2. The van der Waals surface area contributed by atoms with E-state index >= 15 is 0 Å². The van der Waals surface area contributed by atoms with E-state index in [2.05, 4.69) is 93.7 Å². The number of nitrogens with zero attached hydrogens (tertiary/aromatic N) is 2. The lowest BCUT2D eigenvalue weighted by atomic mass is 10.0. The Hall–Kier alpha value is -2.57. The summed E-state index contributed by atoms with van der Waals surface area (Å²) in [6.07, 6.45) is 6.46. The number of imidazole rings is 1. The maximum atomic E-state index is 9.67. The second kappa shape index (κ2) is 9.58. The minimum Gasteiger partial charge on any atom is -1.00 e. The highest BCUT2D eigenvalue weighted by atomic mass is 19.4. The highest BCUT2D eigenvalue weighted by Gasteiger charge is 2.16. The number of halogens is 4. The first kappa shape index (κ1) is 23.5. The van der Waals surface area contributed by atoms with Crippen LogP contribution in [0.2, 0.25) is 0 Å². The quantitative estimate of drug-likeness (QED) is 0.360. The fourth-order valence-electron chi connectivity index (χ4n) is 3.78. The molecule has 2 nitrogen and oxygen atoms in total. The average Bonchev–Trinajstić information content (AvgIpc) is 2.93. The number of benzene rings is 2. The van der Waals surface area contributed by atoms with Gasteiger partial charge in [-0.25, -0.2) is 9.13 Å². The maximum absolute atomic E-state index is 9.67. The van der Waals surface area contributed by atoms with Crippen molar-refractivity contribution in [3.63, 3.8) is 0 Å². The first-order valence-electron chi connectivity index (χ1n) is 8.78. The summed E-state index contributed by atoms with van der Waals surface area (Å²) in [5.74, 6) is 0. The Morgan fingerprint density at radius 1 is 0.750 bits per heavy atom. The predicted molar refractivity (Wildman–Crippen MR) is 105 cm³/mol. The standard InChI is InChI=1S/C21H25N2.BF3.FH/c1-14-9-16(3)20(17(4)10-14)22-7-8-23(13-22)21-18(5)11-15(2)12-19(21)6;2-1(3)4;/h7-13H,1-6H3;;1H/q+1;;/p-1. The topological polar surface area (TPSA) is 8.81 Å². The Morgan fingerprint density at radius 2 is 1.14 bits per heavy atom. The smallest absolute Gasteiger partial charge is 0.762 e. The summed E-state index contributed by atoms with van der Waals surface area (Å²) >= 11 is 0. The molecule has 3 aromatic rings. The molecular weight excluding hydrogens is 367 g/mol. The molecule has 0 amide bonds. The average molecular weight is 392 g/mol. The van der Waals surface area contributed by atoms with Gasteiger partial charge in [-0.15, -0.1) is 0 Å². The van der Waals surface area contributed by atoms with Crippen molar-refractivity contribution in [3.05, 3.63) is 76.4 Å². The third kappa shape index (κ3) is 5.47. The van der Waals surface area contributed by atoms with E-state index in [1.54, 1.807) is 0 Å². The molecule has 0 atom stereocenters. The number of hydrogen-bond acceptors (Lipinski definition) is 0. The van der Waals surface area contributed by atoms with Crippen molar-refractivity contribution in [1.82, 2.24) is 4.57 Å². The van der Waals surface area contributed by atoms with Crippen molar-refractivity contribution in [3.8, 4) is 11.4 Å². The van der Waals surface area contributed by atoms with Crippen LogP contribution >= 0.6 is 0 Å². The van der Waals surface area contributed by atoms with Gasteiger partial charge in [0.15, 0.2) is 0 Å². The predicted octanol–water partition coefficient (Wildman–Crippen LogP) is 2.49. The molecule has 0 aliphatic heterocycles. The van der Waals surface area contributed by atoms with Crippen molar-refractivity contribution in [2.45, 2.75) is 41.5 Å². The summed E-state index contributed by atoms with van der Waals surface area (Å²) in [7, 11) is -3.67. The second-order valence-electron chi connectivity index (χ2n) is 6.97. The molecule has 0 radical (unpaired) electrons. The fourth-order valence-corrected chi connectivity index (χ4v) is 3.78. The largest absolute Gasteiger partial charge is 1.00 e. The maximum Gasteiger partial charge on any atom is 0.762 e. The summed E-state index contributed by atoms with van der Waals surface area (Å²) in [6, 6.07) is 8.98. The minimum atomic E-state index is -3.67. The Bertz CT molecular complexity index is 831. The molecule has 1 heterocycles. The highest BCUT2D eigenvalue weighted by molar-refractivity contribution is 6.33. The Labute approximate surface area is 164 Å². The molecule has 150 valence electrons. The molecule has 0 fully saturated rings. The molecule has 0 spiro atoms. The van der Waals surface area contributed by atoms with E-state index in [4.69, 9.17) is 0 Å². The van der Waals surface area contributed by atoms with E-state index in [0.717, 1.165) is 0 Å². The summed E-state index contributed by atoms with van der Waals surface area (Å²) in [6.45, 7) is 13.0. The Morgan fingerprint density at radius 3 is 1.57 bits per heavy atom. The van der Waals surface area contributed by atoms with Gasteiger partial charge in [0.1, 0.15) is 23.8 Å². The lowest BCUT2D eigenvalue weighted by molar-refractivity contribution is -0.595. The fraction of sp³-hybridized carbons (Fsp3) is 0.286. The van der Waals surface area contributed by atoms with E-state index in [1.165, 1.54) is 44.8 Å². The first-order valence-corrected chi connectivity index (χ1v) is 8.78. The molecule has 7 heteroatoms. The molecule has 28 heavy (non-hydrogen) atoms. The van der Waals surface area contributed by atoms with Crippen LogP contribution in [0.3, 0.4) is 0 Å². The monoisotopic (exact) mass is 392 g/mol. The molecule has 0 N–H and O–H groups in total. The van der Waals surface area contributed by atoms with Crippen LogP contribution in [0.5, 0.6) is 0 Å². The van der Waals surface area contributed by atoms with Gasteiger partial charge in [-0.3, -0.25) is 12.9 Å². The number of hydrogen-bond donors (Lipinski definition) is 0. The molecule has 0 unspecified atom stereocenters. The summed E-state index contributed by atoms with van der Waals surface area (Å²) in [5.41, 5.74) is 10.4. The molecule has 3 rings (SSSR count). The number of aromatic nitrogens is 2. The van der Waals surface area contributed by atoms with Crippen molar-refractivity contribution in [2.75, 3.05) is 0 Å². The highest BCUT2D eigenvalue weighted by Crippen LogP contribution is 2.21. The molecule has 0 saturated carbocycles. The minimum absolute atomic E-state index is 0. The van der Waals surface area contributed by atoms with Gasteiger partial charge in [-0.2, -0.15) is 0 Å². The lowest BCUT2D eigenvalue weighted by Crippen LogP contribution is -3.00. The van der Waals surface area contributed by atoms with Crippen molar-refractivity contribution in [1.29, 1.82) is 0 Å². The van der Waals surface area contributed by atoms with Crippen molar-refractivity contribution >= 4 is 7.54 Å². The SMILES string of the molecule is Cc1cc(C)c(-n2cc[n+](-c3c(C)cc(C)cc3C)c2)c(C)c1.FB(F)F.[F-]. The summed E-state index contributed by atoms with van der Waals surface area (Å²) in [5, 5.41) is 0. The van der Waals surface area contributed by atoms with Crippen LogP contribution in [0.1, 0.15) is 33.4 Å². The third-order valence-corrected chi connectivity index (χ3v) is 4.42. The van der Waals surface area contributed by atoms with Gasteiger partial charge in [0.25, 0.3) is 6.33 Å². The lowest BCUT2D eigenvalue weighted by Gasteiger charge is -2.08. The first-order chi connectivity index (χ1) is 12.6. The van der Waals surface area contributed by atoms with Gasteiger partial charge in [0, 0.05) is 0 Å². The number of aryl methyl sites for hydroxylation is 6. The van der Waals surface area contributed by atoms with Crippen LogP contribution < -0.4 is 9.27 Å². The zero-order valence-corrected chi connectivity index (χ0v) is 17.0. The van der Waals surface area contributed by atoms with Gasteiger partial charge < -0.3 is 4.70 Å². The second-order valence-corrected chi connectivity index (χ2v) is 6.97. The summed E-state index contributed by atoms with van der Waals surface area (Å²) in [4.78, 5) is 0. The third-order valence-electron chi connectivity index (χ3n) is 4.42. The van der Waals surface area contributed by atoms with Crippen LogP contribution in [-0.4, -0.2) is 12.1 Å². The Kier molecular flexibility index (Phi) is 8.03. The molecule has 2 aromatic carbocycles. The van der Waals surface area contributed by atoms with Crippen LogP contribution in [0.25, 0.3) is 11.4 Å². The van der Waals surface area contributed by atoms with Crippen LogP contribution in [0.4, 0.5) is 12.9 Å². The summed E-state index contributed by atoms with van der Waals surface area (Å²) < 4.78 is 33.5. The van der Waals surface area contributed by atoms with E-state index < -0.39 is 7.54 Å². The van der Waals surface area contributed by atoms with E-state index in [-0.39, 0.29) is 4.70 Å². The molecular formula is C21H25BF4N2. The van der Waals surface area contributed by atoms with E-state index in [9.17, 15) is 12.9 Å². The van der Waals surface area contributed by atoms with E-state index in [0.29, 0.717) is 0 Å². The molecule has 0 aliphatic rings. The van der Waals surface area contributed by atoms with Crippen LogP contribution in [-0.2, 0) is 0 Å². The zero-order chi connectivity index (χ0) is 20.3. The molecule has 0 saturated heterocycles.